The molecule has 0 unspecified atom stereocenters. The Balaban J connectivity index is 4.73. The van der Waals surface area contributed by atoms with Gasteiger partial charge in [-0.15, -0.1) is 0 Å². The lowest BCUT2D eigenvalue weighted by Crippen LogP contribution is -2.62. The molecular weight excluding hydrogens is 419 g/mol. The number of hydrogen-bond acceptors (Lipinski definition) is 3. The largest absolute Gasteiger partial charge is 0.460 e. The Labute approximate surface area is 151 Å². The number of rotatable bonds is 13. The number of halogens is 9. The number of hydrogen-bond donors (Lipinski definition) is 0. The van der Waals surface area contributed by atoms with E-state index >= 15 is 0 Å². The minimum atomic E-state index is -7.20. The van der Waals surface area contributed by atoms with E-state index in [4.69, 9.17) is 0 Å². The van der Waals surface area contributed by atoms with Crippen molar-refractivity contribution >= 4 is 10.1 Å². The minimum absolute atomic E-state index is 0.204. The number of unbranched alkanes of at least 4 members (excludes halogenated alkanes) is 7. The molecule has 0 bridgehead atoms. The van der Waals surface area contributed by atoms with E-state index in [0.29, 0.717) is 12.8 Å². The average Bonchev–Trinajstić information content (AvgIpc) is 2.47. The molecule has 0 fully saturated rings. The van der Waals surface area contributed by atoms with Gasteiger partial charge >= 0.3 is 24.1 Å². The lowest BCUT2D eigenvalue weighted by atomic mass is 10.1. The Bertz CT molecular complexity index is 545. The van der Waals surface area contributed by atoms with Crippen LogP contribution in [0.5, 0.6) is 0 Å². The first-order valence-electron chi connectivity index (χ1n) is 8.15. The van der Waals surface area contributed by atoms with Crippen molar-refractivity contribution < 1.29 is 52.1 Å². The summed E-state index contributed by atoms with van der Waals surface area (Å²) in [6.07, 6.45) is -8.67. The smallest absolute Gasteiger partial charge is 0.199 e. The van der Waals surface area contributed by atoms with Crippen molar-refractivity contribution in [3.63, 3.8) is 0 Å². The van der Waals surface area contributed by atoms with E-state index in [0.717, 1.165) is 25.7 Å². The molecule has 0 aliphatic rings. The predicted octanol–water partition coefficient (Wildman–Crippen LogP) is 5.90. The minimum Gasteiger partial charge on any atom is -0.199 e. The van der Waals surface area contributed by atoms with Crippen molar-refractivity contribution in [1.82, 2.24) is 0 Å². The summed E-state index contributed by atoms with van der Waals surface area (Å²) in [5, 5.41) is 0. The molecule has 13 heteroatoms. The molecule has 0 aromatic heterocycles. The summed E-state index contributed by atoms with van der Waals surface area (Å²) in [6.45, 7) is 1.99. The average molecular weight is 440 g/mol. The molecule has 0 amide bonds. The van der Waals surface area contributed by atoms with Crippen LogP contribution in [-0.4, -0.2) is 38.3 Å². The van der Waals surface area contributed by atoms with Gasteiger partial charge in [0.05, 0.1) is 5.75 Å². The zero-order chi connectivity index (χ0) is 21.6. The molecule has 0 aromatic carbocycles. The van der Waals surface area contributed by atoms with E-state index in [-0.39, 0.29) is 12.8 Å². The summed E-state index contributed by atoms with van der Waals surface area (Å²) in [4.78, 5) is 0. The second kappa shape index (κ2) is 9.66. The SMILES string of the molecule is CCCCCCCCCCS(=O)(=O)OC(F)(F)C(F)(F)C(F)(F)C(F)(F)F. The zero-order valence-electron chi connectivity index (χ0n) is 14.4. The topological polar surface area (TPSA) is 43.4 Å². The predicted molar refractivity (Wildman–Crippen MR) is 78.4 cm³/mol. The lowest BCUT2D eigenvalue weighted by Gasteiger charge is -2.32. The quantitative estimate of drug-likeness (QED) is 0.204. The van der Waals surface area contributed by atoms with Crippen molar-refractivity contribution in [2.45, 2.75) is 82.4 Å². The molecule has 3 nitrogen and oxygen atoms in total. The molecule has 27 heavy (non-hydrogen) atoms. The maximum Gasteiger partial charge on any atom is 0.460 e. The van der Waals surface area contributed by atoms with E-state index < -0.39 is 40.0 Å². The van der Waals surface area contributed by atoms with Crippen LogP contribution in [0, 0.1) is 0 Å². The van der Waals surface area contributed by atoms with Crippen molar-refractivity contribution in [2.24, 2.45) is 0 Å². The van der Waals surface area contributed by atoms with Crippen LogP contribution in [0.4, 0.5) is 39.5 Å². The van der Waals surface area contributed by atoms with Crippen molar-refractivity contribution in [2.75, 3.05) is 5.75 Å². The van der Waals surface area contributed by atoms with Gasteiger partial charge in [0.2, 0.25) is 0 Å². The molecule has 0 aromatic rings. The first kappa shape index (κ1) is 26.3. The maximum absolute atomic E-state index is 13.1. The Morgan fingerprint density at radius 3 is 1.48 bits per heavy atom. The fourth-order valence-corrected chi connectivity index (χ4v) is 3.09. The number of alkyl halides is 9. The summed E-state index contributed by atoms with van der Waals surface area (Å²) in [5.74, 6) is -15.5. The van der Waals surface area contributed by atoms with Gasteiger partial charge in [0.1, 0.15) is 0 Å². The van der Waals surface area contributed by atoms with Crippen molar-refractivity contribution in [3.8, 4) is 0 Å². The molecule has 0 atom stereocenters. The first-order valence-corrected chi connectivity index (χ1v) is 9.73. The monoisotopic (exact) mass is 440 g/mol. The fourth-order valence-electron chi connectivity index (χ4n) is 2.03. The highest BCUT2D eigenvalue weighted by molar-refractivity contribution is 7.86. The maximum atomic E-state index is 13.1. The molecule has 0 rings (SSSR count). The van der Waals surface area contributed by atoms with Gasteiger partial charge in [-0.1, -0.05) is 51.9 Å². The van der Waals surface area contributed by atoms with Gasteiger partial charge in [-0.3, -0.25) is 0 Å². The lowest BCUT2D eigenvalue weighted by molar-refractivity contribution is -0.428. The zero-order valence-corrected chi connectivity index (χ0v) is 15.2. The highest BCUT2D eigenvalue weighted by Crippen LogP contribution is 2.53. The summed E-state index contributed by atoms with van der Waals surface area (Å²) < 4.78 is 139. The second-order valence-corrected chi connectivity index (χ2v) is 7.67. The van der Waals surface area contributed by atoms with Crippen LogP contribution in [0.2, 0.25) is 0 Å². The Kier molecular flexibility index (Phi) is 9.40. The molecule has 0 N–H and O–H groups in total. The Morgan fingerprint density at radius 1 is 0.667 bits per heavy atom. The third kappa shape index (κ3) is 7.31. The van der Waals surface area contributed by atoms with E-state index in [2.05, 4.69) is 4.18 Å². The fraction of sp³-hybridized carbons (Fsp3) is 1.00. The van der Waals surface area contributed by atoms with Crippen LogP contribution in [0.15, 0.2) is 0 Å². The molecule has 164 valence electrons. The second-order valence-electron chi connectivity index (χ2n) is 5.98. The molecule has 0 saturated heterocycles. The Morgan fingerprint density at radius 2 is 1.07 bits per heavy atom. The molecule has 0 heterocycles. The van der Waals surface area contributed by atoms with Crippen LogP contribution in [0.3, 0.4) is 0 Å². The van der Waals surface area contributed by atoms with E-state index in [1.807, 2.05) is 6.92 Å². The normalized spacial score (nSPS) is 14.6. The van der Waals surface area contributed by atoms with E-state index in [9.17, 15) is 47.9 Å². The summed E-state index contributed by atoms with van der Waals surface area (Å²) in [7, 11) is -5.46. The van der Waals surface area contributed by atoms with Gasteiger partial charge in [0.15, 0.2) is 0 Å². The van der Waals surface area contributed by atoms with Crippen LogP contribution in [0.25, 0.3) is 0 Å². The molecule has 0 spiro atoms. The summed E-state index contributed by atoms with van der Waals surface area (Å²) in [6, 6.07) is 0. The van der Waals surface area contributed by atoms with Gasteiger partial charge in [-0.05, 0) is 6.42 Å². The third-order valence-electron chi connectivity index (χ3n) is 3.60. The van der Waals surface area contributed by atoms with Crippen LogP contribution in [-0.2, 0) is 14.3 Å². The van der Waals surface area contributed by atoms with Gasteiger partial charge in [0, 0.05) is 0 Å². The van der Waals surface area contributed by atoms with Gasteiger partial charge in [0.25, 0.3) is 10.1 Å². The van der Waals surface area contributed by atoms with Crippen molar-refractivity contribution in [3.05, 3.63) is 0 Å². The van der Waals surface area contributed by atoms with Gasteiger partial charge in [-0.2, -0.15) is 52.1 Å². The Hall–Kier alpha value is -0.720. The standard InChI is InChI=1S/C14H21F9O3S/c1-2-3-4-5-6-7-8-9-10-27(24,25)26-14(22,23)12(17,18)11(15,16)13(19,20)21/h2-10H2,1H3. The molecule has 0 saturated carbocycles. The summed E-state index contributed by atoms with van der Waals surface area (Å²) in [5.41, 5.74) is 0. The highest BCUT2D eigenvalue weighted by Gasteiger charge is 2.83. The first-order chi connectivity index (χ1) is 12.0. The molecule has 0 radical (unpaired) electrons. The van der Waals surface area contributed by atoms with Gasteiger partial charge in [-0.25, -0.2) is 0 Å². The van der Waals surface area contributed by atoms with Crippen LogP contribution in [0.1, 0.15) is 58.3 Å². The van der Waals surface area contributed by atoms with Crippen molar-refractivity contribution in [1.29, 1.82) is 0 Å². The van der Waals surface area contributed by atoms with E-state index in [1.54, 1.807) is 0 Å². The summed E-state index contributed by atoms with van der Waals surface area (Å²) >= 11 is 0. The van der Waals surface area contributed by atoms with Crippen LogP contribution >= 0.6 is 0 Å². The molecule has 0 aliphatic carbocycles. The molecule has 0 aliphatic heterocycles. The van der Waals surface area contributed by atoms with Gasteiger partial charge < -0.3 is 0 Å². The van der Waals surface area contributed by atoms with E-state index in [1.165, 1.54) is 0 Å². The van der Waals surface area contributed by atoms with Crippen LogP contribution < -0.4 is 0 Å². The highest BCUT2D eigenvalue weighted by atomic mass is 32.2. The third-order valence-corrected chi connectivity index (χ3v) is 4.85. The molecular formula is C14H21F9O3S.